The van der Waals surface area contributed by atoms with Crippen LogP contribution >= 0.6 is 12.2 Å². The first-order chi connectivity index (χ1) is 8.23. The maximum Gasteiger partial charge on any atom is 0.241 e. The Hall–Kier alpha value is -0.980. The Bertz CT molecular complexity index is 605. The van der Waals surface area contributed by atoms with Gasteiger partial charge in [-0.05, 0) is 44.4 Å². The van der Waals surface area contributed by atoms with Crippen molar-refractivity contribution in [1.82, 2.24) is 4.72 Å². The second-order valence-electron chi connectivity index (χ2n) is 5.01. The molecule has 18 heavy (non-hydrogen) atoms. The molecule has 2 rings (SSSR count). The van der Waals surface area contributed by atoms with Crippen LogP contribution in [0, 0.1) is 6.92 Å². The van der Waals surface area contributed by atoms with Crippen molar-refractivity contribution < 1.29 is 8.42 Å². The molecule has 1 saturated carbocycles. The number of hydrogen-bond acceptors (Lipinski definition) is 3. The number of rotatable bonds is 4. The SMILES string of the molecule is Cc1cc(C(N)=S)ccc1S(=O)(=O)NC1(C)CC1. The van der Waals surface area contributed by atoms with E-state index in [-0.39, 0.29) is 15.4 Å². The number of hydrogen-bond donors (Lipinski definition) is 2. The van der Waals surface area contributed by atoms with E-state index in [4.69, 9.17) is 18.0 Å². The molecule has 0 aliphatic heterocycles. The summed E-state index contributed by atoms with van der Waals surface area (Å²) in [5, 5.41) is 0. The highest BCUT2D eigenvalue weighted by Crippen LogP contribution is 2.36. The highest BCUT2D eigenvalue weighted by atomic mass is 32.2. The van der Waals surface area contributed by atoms with Gasteiger partial charge >= 0.3 is 0 Å². The van der Waals surface area contributed by atoms with Crippen molar-refractivity contribution in [3.8, 4) is 0 Å². The normalized spacial score (nSPS) is 17.4. The van der Waals surface area contributed by atoms with Crippen LogP contribution in [0.3, 0.4) is 0 Å². The summed E-state index contributed by atoms with van der Waals surface area (Å²) in [7, 11) is -3.46. The highest BCUT2D eigenvalue weighted by molar-refractivity contribution is 7.89. The van der Waals surface area contributed by atoms with Gasteiger partial charge in [0.1, 0.15) is 4.99 Å². The molecular formula is C12H16N2O2S2. The minimum atomic E-state index is -3.46. The molecule has 6 heteroatoms. The lowest BCUT2D eigenvalue weighted by molar-refractivity contribution is 0.557. The molecular weight excluding hydrogens is 268 g/mol. The standard InChI is InChI=1S/C12H16N2O2S2/c1-8-7-9(11(13)17)3-4-10(8)18(15,16)14-12(2)5-6-12/h3-4,7,14H,5-6H2,1-2H3,(H2,13,17). The molecule has 0 aromatic heterocycles. The summed E-state index contributed by atoms with van der Waals surface area (Å²) in [6, 6.07) is 4.89. The molecule has 1 aliphatic rings. The van der Waals surface area contributed by atoms with Crippen LogP contribution in [0.1, 0.15) is 30.9 Å². The van der Waals surface area contributed by atoms with Gasteiger partial charge in [-0.15, -0.1) is 0 Å². The molecule has 1 aliphatic carbocycles. The Morgan fingerprint density at radius 1 is 1.44 bits per heavy atom. The van der Waals surface area contributed by atoms with Gasteiger partial charge in [0.05, 0.1) is 4.90 Å². The quantitative estimate of drug-likeness (QED) is 0.821. The predicted molar refractivity (Wildman–Crippen MR) is 75.0 cm³/mol. The Kier molecular flexibility index (Phi) is 3.21. The van der Waals surface area contributed by atoms with Crippen LogP contribution in [0.15, 0.2) is 23.1 Å². The molecule has 0 saturated heterocycles. The van der Waals surface area contributed by atoms with Crippen LogP contribution in [-0.2, 0) is 10.0 Å². The third-order valence-electron chi connectivity index (χ3n) is 3.13. The average molecular weight is 284 g/mol. The Morgan fingerprint density at radius 2 is 2.06 bits per heavy atom. The van der Waals surface area contributed by atoms with E-state index in [1.54, 1.807) is 25.1 Å². The van der Waals surface area contributed by atoms with Gasteiger partial charge in [0.15, 0.2) is 0 Å². The van der Waals surface area contributed by atoms with Crippen molar-refractivity contribution in [2.24, 2.45) is 5.73 Å². The van der Waals surface area contributed by atoms with Gasteiger partial charge in [0.2, 0.25) is 10.0 Å². The molecule has 1 fully saturated rings. The lowest BCUT2D eigenvalue weighted by Gasteiger charge is -2.14. The van der Waals surface area contributed by atoms with Crippen LogP contribution < -0.4 is 10.5 Å². The predicted octanol–water partition coefficient (Wildman–Crippen LogP) is 1.46. The summed E-state index contributed by atoms with van der Waals surface area (Å²) in [6.07, 6.45) is 1.77. The lowest BCUT2D eigenvalue weighted by Crippen LogP contribution is -2.34. The fraction of sp³-hybridized carbons (Fsp3) is 0.417. The van der Waals surface area contributed by atoms with Crippen molar-refractivity contribution in [2.45, 2.75) is 37.1 Å². The van der Waals surface area contributed by atoms with Crippen molar-refractivity contribution >= 4 is 27.2 Å². The Morgan fingerprint density at radius 3 is 2.50 bits per heavy atom. The first-order valence-corrected chi connectivity index (χ1v) is 7.57. The second kappa shape index (κ2) is 4.29. The molecule has 0 amide bonds. The first-order valence-electron chi connectivity index (χ1n) is 5.68. The van der Waals surface area contributed by atoms with Gasteiger partial charge in [-0.1, -0.05) is 18.3 Å². The van der Waals surface area contributed by atoms with Crippen LogP contribution in [0.5, 0.6) is 0 Å². The number of aryl methyl sites for hydroxylation is 1. The summed E-state index contributed by atoms with van der Waals surface area (Å²) >= 11 is 4.87. The zero-order valence-electron chi connectivity index (χ0n) is 10.4. The van der Waals surface area contributed by atoms with E-state index < -0.39 is 10.0 Å². The monoisotopic (exact) mass is 284 g/mol. The Labute approximate surface area is 113 Å². The molecule has 0 bridgehead atoms. The van der Waals surface area contributed by atoms with Crippen molar-refractivity contribution in [3.05, 3.63) is 29.3 Å². The summed E-state index contributed by atoms with van der Waals surface area (Å²) in [5.41, 5.74) is 6.58. The van der Waals surface area contributed by atoms with E-state index in [9.17, 15) is 8.42 Å². The number of sulfonamides is 1. The van der Waals surface area contributed by atoms with Crippen molar-refractivity contribution in [2.75, 3.05) is 0 Å². The molecule has 1 aromatic rings. The third kappa shape index (κ3) is 2.71. The molecule has 3 N–H and O–H groups in total. The highest BCUT2D eigenvalue weighted by Gasteiger charge is 2.41. The minimum Gasteiger partial charge on any atom is -0.389 e. The van der Waals surface area contributed by atoms with E-state index in [1.165, 1.54) is 0 Å². The molecule has 0 unspecified atom stereocenters. The fourth-order valence-electron chi connectivity index (χ4n) is 1.77. The Balaban J connectivity index is 2.36. The molecule has 0 atom stereocenters. The lowest BCUT2D eigenvalue weighted by atomic mass is 10.1. The zero-order valence-corrected chi connectivity index (χ0v) is 12.0. The van der Waals surface area contributed by atoms with E-state index in [1.807, 2.05) is 6.92 Å². The van der Waals surface area contributed by atoms with Crippen molar-refractivity contribution in [1.29, 1.82) is 0 Å². The van der Waals surface area contributed by atoms with E-state index in [2.05, 4.69) is 4.72 Å². The van der Waals surface area contributed by atoms with Gasteiger partial charge in [-0.2, -0.15) is 0 Å². The van der Waals surface area contributed by atoms with Gasteiger partial charge in [0, 0.05) is 11.1 Å². The fourth-order valence-corrected chi connectivity index (χ4v) is 3.59. The van der Waals surface area contributed by atoms with Gasteiger partial charge in [-0.3, -0.25) is 0 Å². The first kappa shape index (κ1) is 13.5. The smallest absolute Gasteiger partial charge is 0.241 e. The molecule has 0 radical (unpaired) electrons. The van der Waals surface area contributed by atoms with E-state index in [0.29, 0.717) is 11.1 Å². The molecule has 98 valence electrons. The number of benzene rings is 1. The summed E-state index contributed by atoms with van der Waals surface area (Å²) in [5.74, 6) is 0. The maximum atomic E-state index is 12.2. The molecule has 1 aromatic carbocycles. The number of thiocarbonyl (C=S) groups is 1. The topological polar surface area (TPSA) is 72.2 Å². The largest absolute Gasteiger partial charge is 0.389 e. The van der Waals surface area contributed by atoms with Gasteiger partial charge in [0.25, 0.3) is 0 Å². The average Bonchev–Trinajstić information content (AvgIpc) is 2.93. The maximum absolute atomic E-state index is 12.2. The van der Waals surface area contributed by atoms with E-state index in [0.717, 1.165) is 12.8 Å². The summed E-state index contributed by atoms with van der Waals surface area (Å²) < 4.78 is 27.1. The second-order valence-corrected chi connectivity index (χ2v) is 7.10. The molecule has 4 nitrogen and oxygen atoms in total. The van der Waals surface area contributed by atoms with E-state index >= 15 is 0 Å². The number of nitrogens with two attached hydrogens (primary N) is 1. The van der Waals surface area contributed by atoms with Crippen molar-refractivity contribution in [3.63, 3.8) is 0 Å². The van der Waals surface area contributed by atoms with Crippen LogP contribution in [0.2, 0.25) is 0 Å². The van der Waals surface area contributed by atoms with Crippen LogP contribution in [-0.4, -0.2) is 18.9 Å². The molecule has 0 heterocycles. The summed E-state index contributed by atoms with van der Waals surface area (Å²) in [4.78, 5) is 0.555. The third-order valence-corrected chi connectivity index (χ3v) is 5.16. The van der Waals surface area contributed by atoms with Gasteiger partial charge in [-0.25, -0.2) is 13.1 Å². The number of nitrogens with one attached hydrogen (secondary N) is 1. The zero-order chi connectivity index (χ0) is 13.6. The van der Waals surface area contributed by atoms with Crippen LogP contribution in [0.4, 0.5) is 0 Å². The summed E-state index contributed by atoms with van der Waals surface area (Å²) in [6.45, 7) is 3.65. The van der Waals surface area contributed by atoms with Crippen LogP contribution in [0.25, 0.3) is 0 Å². The van der Waals surface area contributed by atoms with Gasteiger partial charge < -0.3 is 5.73 Å². The minimum absolute atomic E-state index is 0.268. The molecule has 0 spiro atoms.